The van der Waals surface area contributed by atoms with Crippen LogP contribution in [0.3, 0.4) is 0 Å². The summed E-state index contributed by atoms with van der Waals surface area (Å²) in [5.74, 6) is 0. The molecule has 0 saturated heterocycles. The molecule has 2 aromatic heterocycles. The Morgan fingerprint density at radius 3 is 2.52 bits per heavy atom. The van der Waals surface area contributed by atoms with Crippen LogP contribution < -0.4 is 5.69 Å². The van der Waals surface area contributed by atoms with Crippen LogP contribution in [0.15, 0.2) is 59.5 Å². The van der Waals surface area contributed by atoms with E-state index in [1.165, 1.54) is 47.0 Å². The van der Waals surface area contributed by atoms with Crippen molar-refractivity contribution in [1.29, 1.82) is 0 Å². The highest BCUT2D eigenvalue weighted by Gasteiger charge is 2.17. The minimum absolute atomic E-state index is 0.252. The van der Waals surface area contributed by atoms with E-state index in [0.29, 0.717) is 5.69 Å². The van der Waals surface area contributed by atoms with Crippen molar-refractivity contribution in [2.24, 2.45) is 7.05 Å². The van der Waals surface area contributed by atoms with Crippen molar-refractivity contribution in [3.05, 3.63) is 82.0 Å². The van der Waals surface area contributed by atoms with Crippen LogP contribution in [-0.2, 0) is 19.9 Å². The largest absolute Gasteiger partial charge is 0.352 e. The molecule has 0 radical (unpaired) electrons. The van der Waals surface area contributed by atoms with Crippen molar-refractivity contribution in [3.8, 4) is 16.9 Å². The number of rotatable bonds is 2. The van der Waals surface area contributed by atoms with Gasteiger partial charge in [0, 0.05) is 29.9 Å². The number of aromatic nitrogens is 3. The number of fused-ring (bicyclic) bond motifs is 3. The lowest BCUT2D eigenvalue weighted by Crippen LogP contribution is -2.21. The van der Waals surface area contributed by atoms with Crippen molar-refractivity contribution >= 4 is 10.9 Å². The van der Waals surface area contributed by atoms with Crippen LogP contribution >= 0.6 is 0 Å². The van der Waals surface area contributed by atoms with E-state index in [-0.39, 0.29) is 5.69 Å². The molecule has 0 spiro atoms. The maximum Gasteiger partial charge on any atom is 0.352 e. The van der Waals surface area contributed by atoms with Gasteiger partial charge in [-0.2, -0.15) is 4.98 Å². The summed E-state index contributed by atoms with van der Waals surface area (Å²) < 4.78 is 3.95. The van der Waals surface area contributed by atoms with Crippen LogP contribution in [0.25, 0.3) is 27.8 Å². The first-order valence-corrected chi connectivity index (χ1v) is 10.4. The van der Waals surface area contributed by atoms with Gasteiger partial charge in [0.25, 0.3) is 0 Å². The number of benzene rings is 2. The highest BCUT2D eigenvalue weighted by molar-refractivity contribution is 5.87. The highest BCUT2D eigenvalue weighted by atomic mass is 16.1. The molecule has 0 fully saturated rings. The molecule has 0 atom stereocenters. The van der Waals surface area contributed by atoms with Crippen LogP contribution in [-0.4, -0.2) is 14.1 Å². The van der Waals surface area contributed by atoms with E-state index in [2.05, 4.69) is 35.7 Å². The van der Waals surface area contributed by atoms with Crippen LogP contribution in [0.1, 0.15) is 36.1 Å². The summed E-state index contributed by atoms with van der Waals surface area (Å²) in [7, 11) is 2.15. The van der Waals surface area contributed by atoms with Gasteiger partial charge in [0.1, 0.15) is 0 Å². The summed E-state index contributed by atoms with van der Waals surface area (Å²) in [6.07, 6.45) is 7.95. The Hall–Kier alpha value is -3.14. The van der Waals surface area contributed by atoms with Gasteiger partial charge in [-0.3, -0.25) is 4.57 Å². The van der Waals surface area contributed by atoms with Gasteiger partial charge in [-0.25, -0.2) is 4.79 Å². The van der Waals surface area contributed by atoms with Crippen molar-refractivity contribution in [3.63, 3.8) is 0 Å². The maximum atomic E-state index is 12.8. The quantitative estimate of drug-likeness (QED) is 0.459. The van der Waals surface area contributed by atoms with Gasteiger partial charge < -0.3 is 4.57 Å². The summed E-state index contributed by atoms with van der Waals surface area (Å²) in [5.41, 5.74) is 7.61. The summed E-state index contributed by atoms with van der Waals surface area (Å²) in [5, 5.41) is 1.32. The first-order chi connectivity index (χ1) is 14.1. The Morgan fingerprint density at radius 1 is 0.931 bits per heavy atom. The number of hydrogen-bond donors (Lipinski definition) is 0. The van der Waals surface area contributed by atoms with Crippen molar-refractivity contribution in [1.82, 2.24) is 14.1 Å². The summed E-state index contributed by atoms with van der Waals surface area (Å²) in [6, 6.07) is 16.3. The smallest absolute Gasteiger partial charge is 0.347 e. The molecule has 2 aromatic carbocycles. The molecule has 0 unspecified atom stereocenters. The zero-order valence-corrected chi connectivity index (χ0v) is 17.0. The normalized spacial score (nSPS) is 14.0. The first-order valence-electron chi connectivity index (χ1n) is 10.4. The standard InChI is InChI=1S/C25H25N3O/c1-17-8-10-18(11-9-17)22-14-15-28(25(29)26-22)19-12-13-21-20-6-4-3-5-7-23(20)27(2)24(21)16-19/h8-16H,3-7H2,1-2H3. The van der Waals surface area contributed by atoms with Gasteiger partial charge in [-0.1, -0.05) is 42.3 Å². The lowest BCUT2D eigenvalue weighted by molar-refractivity contribution is 0.698. The van der Waals surface area contributed by atoms with Crippen LogP contribution in [0, 0.1) is 6.92 Å². The highest BCUT2D eigenvalue weighted by Crippen LogP contribution is 2.31. The zero-order chi connectivity index (χ0) is 20.0. The maximum absolute atomic E-state index is 12.8. The minimum Gasteiger partial charge on any atom is -0.347 e. The fourth-order valence-electron chi connectivity index (χ4n) is 4.56. The average molecular weight is 383 g/mol. The molecule has 5 rings (SSSR count). The van der Waals surface area contributed by atoms with Crippen molar-refractivity contribution in [2.75, 3.05) is 0 Å². The van der Waals surface area contributed by atoms with Crippen LogP contribution in [0.2, 0.25) is 0 Å². The van der Waals surface area contributed by atoms with Gasteiger partial charge in [0.2, 0.25) is 0 Å². The van der Waals surface area contributed by atoms with Crippen LogP contribution in [0.5, 0.6) is 0 Å². The minimum atomic E-state index is -0.252. The zero-order valence-electron chi connectivity index (χ0n) is 17.0. The lowest BCUT2D eigenvalue weighted by Gasteiger charge is -2.08. The topological polar surface area (TPSA) is 39.8 Å². The van der Waals surface area contributed by atoms with Crippen molar-refractivity contribution < 1.29 is 0 Å². The Balaban J connectivity index is 1.58. The Kier molecular flexibility index (Phi) is 4.35. The molecule has 0 saturated carbocycles. The van der Waals surface area contributed by atoms with Crippen molar-refractivity contribution in [2.45, 2.75) is 39.0 Å². The molecule has 0 bridgehead atoms. The molecule has 0 amide bonds. The summed E-state index contributed by atoms with van der Waals surface area (Å²) in [6.45, 7) is 2.05. The Morgan fingerprint density at radius 2 is 1.72 bits per heavy atom. The predicted molar refractivity (Wildman–Crippen MR) is 118 cm³/mol. The third-order valence-electron chi connectivity index (χ3n) is 6.19. The fourth-order valence-corrected chi connectivity index (χ4v) is 4.56. The fraction of sp³-hybridized carbons (Fsp3) is 0.280. The van der Waals surface area contributed by atoms with Gasteiger partial charge in [-0.15, -0.1) is 0 Å². The third kappa shape index (κ3) is 3.09. The molecule has 146 valence electrons. The summed E-state index contributed by atoms with van der Waals surface area (Å²) >= 11 is 0. The second-order valence-electron chi connectivity index (χ2n) is 8.08. The third-order valence-corrected chi connectivity index (χ3v) is 6.19. The molecule has 1 aliphatic carbocycles. The second-order valence-corrected chi connectivity index (χ2v) is 8.08. The number of hydrogen-bond acceptors (Lipinski definition) is 2. The molecule has 1 aliphatic rings. The van der Waals surface area contributed by atoms with Gasteiger partial charge in [0.15, 0.2) is 0 Å². The van der Waals surface area contributed by atoms with E-state index in [1.807, 2.05) is 42.6 Å². The number of nitrogens with zero attached hydrogens (tertiary/aromatic N) is 3. The molecule has 2 heterocycles. The second kappa shape index (κ2) is 7.03. The molecule has 29 heavy (non-hydrogen) atoms. The first kappa shape index (κ1) is 17.9. The van der Waals surface area contributed by atoms with Gasteiger partial charge >= 0.3 is 5.69 Å². The predicted octanol–water partition coefficient (Wildman–Crippen LogP) is 4.97. The van der Waals surface area contributed by atoms with Crippen LogP contribution in [0.4, 0.5) is 0 Å². The van der Waals surface area contributed by atoms with Gasteiger partial charge in [-0.05, 0) is 56.4 Å². The monoisotopic (exact) mass is 383 g/mol. The Bertz CT molecular complexity index is 1260. The average Bonchev–Trinajstić information content (AvgIpc) is 2.89. The summed E-state index contributed by atoms with van der Waals surface area (Å²) in [4.78, 5) is 17.1. The molecular weight excluding hydrogens is 358 g/mol. The molecule has 4 nitrogen and oxygen atoms in total. The van der Waals surface area contributed by atoms with E-state index >= 15 is 0 Å². The van der Waals surface area contributed by atoms with E-state index in [1.54, 1.807) is 4.57 Å². The van der Waals surface area contributed by atoms with Gasteiger partial charge in [0.05, 0.1) is 16.9 Å². The molecule has 4 heteroatoms. The lowest BCUT2D eigenvalue weighted by atomic mass is 10.1. The van der Waals surface area contributed by atoms with E-state index < -0.39 is 0 Å². The molecule has 0 aliphatic heterocycles. The molecule has 0 N–H and O–H groups in total. The van der Waals surface area contributed by atoms with E-state index in [9.17, 15) is 4.79 Å². The SMILES string of the molecule is Cc1ccc(-c2ccn(-c3ccc4c5c(n(C)c4c3)CCCCC5)c(=O)n2)cc1. The van der Waals surface area contributed by atoms with E-state index in [4.69, 9.17) is 0 Å². The Labute approximate surface area is 170 Å². The van der Waals surface area contributed by atoms with E-state index in [0.717, 1.165) is 24.1 Å². The number of aryl methyl sites for hydroxylation is 3. The molecular formula is C25H25N3O. The molecule has 4 aromatic rings.